The van der Waals surface area contributed by atoms with Crippen LogP contribution in [0.25, 0.3) is 38.9 Å². The summed E-state index contributed by atoms with van der Waals surface area (Å²) in [4.78, 5) is 48.4. The van der Waals surface area contributed by atoms with E-state index in [1.54, 1.807) is 15.7 Å². The van der Waals surface area contributed by atoms with Crippen LogP contribution in [-0.4, -0.2) is 60.5 Å². The van der Waals surface area contributed by atoms with Crippen molar-refractivity contribution < 1.29 is 4.79 Å². The first-order valence-electron chi connectivity index (χ1n) is 14.5. The van der Waals surface area contributed by atoms with Crippen LogP contribution in [-0.2, 0) is 4.79 Å². The van der Waals surface area contributed by atoms with E-state index < -0.39 is 5.69 Å². The first-order chi connectivity index (χ1) is 20.6. The topological polar surface area (TPSA) is 100 Å². The Hall–Kier alpha value is -4.50. The highest BCUT2D eigenvalue weighted by atomic mass is 35.5. The summed E-state index contributed by atoms with van der Waals surface area (Å²) < 4.78 is 1.58. The molecule has 0 radical (unpaired) electrons. The number of fused-ring (bicyclic) bond motifs is 2. The van der Waals surface area contributed by atoms with Crippen molar-refractivity contribution in [3.8, 4) is 16.9 Å². The van der Waals surface area contributed by atoms with Gasteiger partial charge in [0.05, 0.1) is 33.0 Å². The number of aromatic amines is 1. The Labute approximate surface area is 262 Å². The van der Waals surface area contributed by atoms with Gasteiger partial charge in [-0.2, -0.15) is 4.98 Å². The summed E-state index contributed by atoms with van der Waals surface area (Å²) in [7, 11) is 0. The maximum absolute atomic E-state index is 14.2. The van der Waals surface area contributed by atoms with Gasteiger partial charge < -0.3 is 14.8 Å². The number of aryl methyl sites for hydroxylation is 1. The van der Waals surface area contributed by atoms with Gasteiger partial charge in [-0.3, -0.25) is 9.78 Å². The van der Waals surface area contributed by atoms with Gasteiger partial charge in [0.25, 0.3) is 0 Å². The van der Waals surface area contributed by atoms with Crippen LogP contribution in [0.3, 0.4) is 0 Å². The smallest absolute Gasteiger partial charge is 0.355 e. The van der Waals surface area contributed by atoms with E-state index in [1.165, 1.54) is 6.08 Å². The van der Waals surface area contributed by atoms with Gasteiger partial charge in [0.1, 0.15) is 5.82 Å². The molecule has 1 N–H and O–H groups in total. The van der Waals surface area contributed by atoms with Crippen molar-refractivity contribution >= 4 is 45.3 Å². The molecule has 0 unspecified atom stereocenters. The lowest BCUT2D eigenvalue weighted by molar-refractivity contribution is -0.128. The summed E-state index contributed by atoms with van der Waals surface area (Å²) in [5.74, 6) is 0.425. The number of anilines is 1. The highest BCUT2D eigenvalue weighted by Gasteiger charge is 2.34. The molecule has 1 aliphatic heterocycles. The quantitative estimate of drug-likeness (QED) is 0.223. The molecule has 5 aromatic rings. The Morgan fingerprint density at radius 2 is 1.91 bits per heavy atom. The Balaban J connectivity index is 0.00000384. The van der Waals surface area contributed by atoms with Crippen molar-refractivity contribution in [2.75, 3.05) is 18.0 Å². The zero-order chi connectivity index (χ0) is 30.6. The number of para-hydroxylation sites is 1. The second kappa shape index (κ2) is 11.9. The predicted molar refractivity (Wildman–Crippen MR) is 179 cm³/mol. The molecule has 5 heterocycles. The summed E-state index contributed by atoms with van der Waals surface area (Å²) in [5, 5.41) is 2.12. The number of hydrogen-bond donors (Lipinski definition) is 1. The molecule has 9 nitrogen and oxygen atoms in total. The van der Waals surface area contributed by atoms with Crippen molar-refractivity contribution in [1.29, 1.82) is 0 Å². The number of amides is 1. The number of carbonyl (C=O) groups excluding carboxylic acids is 1. The van der Waals surface area contributed by atoms with Crippen LogP contribution < -0.4 is 10.6 Å². The molecule has 44 heavy (non-hydrogen) atoms. The zero-order valence-corrected chi connectivity index (χ0v) is 25.7. The highest BCUT2D eigenvalue weighted by Crippen LogP contribution is 2.37. The average molecular weight is 612 g/mol. The fourth-order valence-electron chi connectivity index (χ4n) is 6.13. The van der Waals surface area contributed by atoms with Gasteiger partial charge in [-0.25, -0.2) is 14.3 Å². The van der Waals surface area contributed by atoms with Gasteiger partial charge in [-0.15, -0.1) is 0 Å². The van der Waals surface area contributed by atoms with Gasteiger partial charge >= 0.3 is 5.69 Å². The fourth-order valence-corrected chi connectivity index (χ4v) is 6.38. The molecule has 1 aliphatic rings. The first kappa shape index (κ1) is 30.9. The summed E-state index contributed by atoms with van der Waals surface area (Å²) in [6, 6.07) is 11.5. The molecule has 1 aromatic carbocycles. The molecule has 2 atom stereocenters. The number of aromatic nitrogens is 5. The molecule has 10 heteroatoms. The maximum Gasteiger partial charge on any atom is 0.355 e. The van der Waals surface area contributed by atoms with Crippen LogP contribution >= 0.6 is 11.6 Å². The van der Waals surface area contributed by atoms with Crippen molar-refractivity contribution in [3.63, 3.8) is 0 Å². The number of benzene rings is 1. The minimum Gasteiger partial charge on any atom is -0.361 e. The van der Waals surface area contributed by atoms with E-state index in [0.29, 0.717) is 46.3 Å². The minimum atomic E-state index is -0.455. The van der Waals surface area contributed by atoms with E-state index in [9.17, 15) is 9.59 Å². The fraction of sp³-hybridized carbons (Fsp3) is 0.324. The molecular formula is C34H38ClN7O2. The monoisotopic (exact) mass is 611 g/mol. The molecule has 1 saturated heterocycles. The van der Waals surface area contributed by atoms with Crippen molar-refractivity contribution in [2.45, 2.75) is 60.0 Å². The van der Waals surface area contributed by atoms with Crippen molar-refractivity contribution in [1.82, 2.24) is 29.4 Å². The average Bonchev–Trinajstić information content (AvgIpc) is 3.47. The second-order valence-electron chi connectivity index (χ2n) is 11.6. The second-order valence-corrected chi connectivity index (χ2v) is 12.0. The van der Waals surface area contributed by atoms with Gasteiger partial charge in [-0.1, -0.05) is 57.7 Å². The molecule has 0 bridgehead atoms. The lowest BCUT2D eigenvalue weighted by Crippen LogP contribution is -2.58. The van der Waals surface area contributed by atoms with Gasteiger partial charge in [-0.05, 0) is 56.5 Å². The molecule has 0 aliphatic carbocycles. The van der Waals surface area contributed by atoms with Crippen molar-refractivity contribution in [3.05, 3.63) is 88.2 Å². The summed E-state index contributed by atoms with van der Waals surface area (Å²) in [6.45, 7) is 14.7. The number of piperazine rings is 1. The van der Waals surface area contributed by atoms with Gasteiger partial charge in [0, 0.05) is 48.5 Å². The largest absolute Gasteiger partial charge is 0.361 e. The lowest BCUT2D eigenvalue weighted by atomic mass is 10.0. The predicted octanol–water partition coefficient (Wildman–Crippen LogP) is 6.66. The molecule has 4 aromatic heterocycles. The first-order valence-corrected chi connectivity index (χ1v) is 14.8. The third-order valence-electron chi connectivity index (χ3n) is 8.28. The Kier molecular flexibility index (Phi) is 8.36. The molecule has 0 spiro atoms. The Bertz CT molecular complexity index is 1960. The van der Waals surface area contributed by atoms with E-state index in [2.05, 4.69) is 40.3 Å². The molecule has 0 saturated carbocycles. The van der Waals surface area contributed by atoms with Crippen LogP contribution in [0.2, 0.25) is 5.02 Å². The molecular weight excluding hydrogens is 574 g/mol. The summed E-state index contributed by atoms with van der Waals surface area (Å²) in [6.07, 6.45) is 4.98. The standard InChI is InChI=1S/C33H34ClN7O2.CH4/c1-7-26(42)39-16-21(6)40(17-20(39)5)31-24-15-25(34)29(23-10-8-9-22-12-14-36-28(22)23)37-32(24)41(33(43)38-31)30-19(4)11-13-35-27(30)18(2)3;/h7-15,18,20-21,36H,1,16-17H2,2-6H3;1H4/t20-,21+;/m1./s1. The highest BCUT2D eigenvalue weighted by molar-refractivity contribution is 6.34. The number of H-pyrrole nitrogens is 1. The molecule has 1 amide bonds. The zero-order valence-electron chi connectivity index (χ0n) is 24.9. The normalized spacial score (nSPS) is 16.9. The van der Waals surface area contributed by atoms with Gasteiger partial charge in [0.2, 0.25) is 5.91 Å². The van der Waals surface area contributed by atoms with E-state index in [4.69, 9.17) is 16.6 Å². The number of hydrogen-bond acceptors (Lipinski definition) is 6. The Morgan fingerprint density at radius 1 is 1.14 bits per heavy atom. The number of carbonyl (C=O) groups is 1. The maximum atomic E-state index is 14.2. The molecule has 1 fully saturated rings. The van der Waals surface area contributed by atoms with Crippen LogP contribution in [0.4, 0.5) is 5.82 Å². The van der Waals surface area contributed by atoms with Crippen LogP contribution in [0.15, 0.2) is 66.2 Å². The number of rotatable bonds is 5. The van der Waals surface area contributed by atoms with Gasteiger partial charge in [0.15, 0.2) is 5.65 Å². The Morgan fingerprint density at radius 3 is 2.64 bits per heavy atom. The SMILES string of the molecule is C.C=CC(=O)N1C[C@H](C)N(c2nc(=O)n(-c3c(C)ccnc3C(C)C)c3nc(-c4cccc5cc[nH]c45)c(Cl)cc23)C[C@H]1C. The minimum absolute atomic E-state index is 0. The van der Waals surface area contributed by atoms with E-state index in [0.717, 1.165) is 27.7 Å². The third kappa shape index (κ3) is 5.05. The van der Waals surface area contributed by atoms with Crippen LogP contribution in [0, 0.1) is 6.92 Å². The van der Waals surface area contributed by atoms with Crippen LogP contribution in [0.1, 0.15) is 52.3 Å². The number of nitrogens with one attached hydrogen (secondary N) is 1. The third-order valence-corrected chi connectivity index (χ3v) is 8.57. The van der Waals surface area contributed by atoms with E-state index in [1.807, 2.05) is 63.4 Å². The lowest BCUT2D eigenvalue weighted by Gasteiger charge is -2.44. The number of nitrogens with zero attached hydrogens (tertiary/aromatic N) is 6. The summed E-state index contributed by atoms with van der Waals surface area (Å²) in [5.41, 5.74) is 4.63. The van der Waals surface area contributed by atoms with Crippen molar-refractivity contribution in [2.24, 2.45) is 0 Å². The number of pyridine rings is 2. The number of halogens is 1. The molecule has 228 valence electrons. The van der Waals surface area contributed by atoms with Crippen LogP contribution in [0.5, 0.6) is 0 Å². The van der Waals surface area contributed by atoms with E-state index in [-0.39, 0.29) is 31.3 Å². The summed E-state index contributed by atoms with van der Waals surface area (Å²) >= 11 is 7.03. The van der Waals surface area contributed by atoms with E-state index >= 15 is 0 Å². The molecule has 6 rings (SSSR count).